The van der Waals surface area contributed by atoms with E-state index in [4.69, 9.17) is 4.74 Å². The third-order valence-corrected chi connectivity index (χ3v) is 6.20. The van der Waals surface area contributed by atoms with Gasteiger partial charge in [0.15, 0.2) is 0 Å². The Hall–Kier alpha value is -2.87. The molecule has 1 fully saturated rings. The summed E-state index contributed by atoms with van der Waals surface area (Å²) in [7, 11) is 1.65. The predicted octanol–water partition coefficient (Wildman–Crippen LogP) is 2.95. The summed E-state index contributed by atoms with van der Waals surface area (Å²) in [5, 5.41) is 16.2. The van der Waals surface area contributed by atoms with Gasteiger partial charge in [-0.05, 0) is 42.8 Å². The molecule has 8 nitrogen and oxygen atoms in total. The summed E-state index contributed by atoms with van der Waals surface area (Å²) in [6.07, 6.45) is 6.12. The van der Waals surface area contributed by atoms with Crippen molar-refractivity contribution in [1.29, 1.82) is 0 Å². The molecule has 3 atom stereocenters. The van der Waals surface area contributed by atoms with E-state index in [0.717, 1.165) is 30.2 Å². The minimum atomic E-state index is -0.883. The number of benzene rings is 1. The maximum Gasteiger partial charge on any atom is 0.308 e. The summed E-state index contributed by atoms with van der Waals surface area (Å²) < 4.78 is 7.18. The summed E-state index contributed by atoms with van der Waals surface area (Å²) in [4.78, 5) is 37.4. The van der Waals surface area contributed by atoms with Crippen LogP contribution in [0.2, 0.25) is 0 Å². The lowest BCUT2D eigenvalue weighted by Gasteiger charge is -2.23. The van der Waals surface area contributed by atoms with Crippen LogP contribution in [0.15, 0.2) is 30.5 Å². The van der Waals surface area contributed by atoms with Crippen molar-refractivity contribution in [2.24, 2.45) is 5.92 Å². The molecule has 2 aromatic rings. The van der Waals surface area contributed by atoms with Gasteiger partial charge in [-0.2, -0.15) is 0 Å². The molecule has 1 aliphatic carbocycles. The lowest BCUT2D eigenvalue weighted by atomic mass is 10.0. The maximum atomic E-state index is 13.0. The number of carboxylic acids is 1. The number of fused-ring (bicyclic) bond motifs is 1. The number of hydrogen-bond donors (Lipinski definition) is 3. The van der Waals surface area contributed by atoms with E-state index in [0.29, 0.717) is 38.0 Å². The van der Waals surface area contributed by atoms with Crippen LogP contribution in [0.1, 0.15) is 55.8 Å². The second kappa shape index (κ2) is 11.1. The third-order valence-electron chi connectivity index (χ3n) is 6.20. The number of nitrogens with zero attached hydrogens (tertiary/aromatic N) is 1. The van der Waals surface area contributed by atoms with Crippen LogP contribution in [0, 0.1) is 5.92 Å². The van der Waals surface area contributed by atoms with E-state index in [9.17, 15) is 19.5 Å². The molecule has 174 valence electrons. The zero-order chi connectivity index (χ0) is 23.1. The van der Waals surface area contributed by atoms with Crippen molar-refractivity contribution in [2.75, 3.05) is 13.7 Å². The molecule has 8 heteroatoms. The van der Waals surface area contributed by atoms with Crippen molar-refractivity contribution in [3.63, 3.8) is 0 Å². The summed E-state index contributed by atoms with van der Waals surface area (Å²) in [6, 6.07) is 6.38. The SMILES string of the molecule is CCCC[C@H](NC(=O)c1ccc2ccn(CCOC)c2c1)C(=O)N[C@H]1CCC[C@H]1C(=O)O. The molecule has 1 aliphatic rings. The van der Waals surface area contributed by atoms with Gasteiger partial charge in [0.05, 0.1) is 12.5 Å². The molecule has 1 aromatic carbocycles. The molecule has 1 saturated carbocycles. The van der Waals surface area contributed by atoms with Crippen LogP contribution < -0.4 is 10.6 Å². The van der Waals surface area contributed by atoms with E-state index in [-0.39, 0.29) is 17.9 Å². The van der Waals surface area contributed by atoms with E-state index in [1.165, 1.54) is 0 Å². The molecule has 2 amide bonds. The number of amides is 2. The van der Waals surface area contributed by atoms with E-state index in [2.05, 4.69) is 10.6 Å². The van der Waals surface area contributed by atoms with Gasteiger partial charge < -0.3 is 25.0 Å². The Morgan fingerprint density at radius 2 is 2.06 bits per heavy atom. The number of nitrogens with one attached hydrogen (secondary N) is 2. The van der Waals surface area contributed by atoms with Gasteiger partial charge in [-0.3, -0.25) is 14.4 Å². The second-order valence-corrected chi connectivity index (χ2v) is 8.43. The summed E-state index contributed by atoms with van der Waals surface area (Å²) in [5.41, 5.74) is 1.41. The maximum absolute atomic E-state index is 13.0. The van der Waals surface area contributed by atoms with Gasteiger partial charge in [0.1, 0.15) is 6.04 Å². The van der Waals surface area contributed by atoms with Crippen molar-refractivity contribution in [3.05, 3.63) is 36.0 Å². The fraction of sp³-hybridized carbons (Fsp3) is 0.542. The Bertz CT molecular complexity index is 954. The Balaban J connectivity index is 1.72. The molecule has 32 heavy (non-hydrogen) atoms. The summed E-state index contributed by atoms with van der Waals surface area (Å²) >= 11 is 0. The number of rotatable bonds is 11. The minimum Gasteiger partial charge on any atom is -0.481 e. The van der Waals surface area contributed by atoms with Gasteiger partial charge in [-0.15, -0.1) is 0 Å². The Kier molecular flexibility index (Phi) is 8.27. The first-order chi connectivity index (χ1) is 15.4. The molecule has 3 N–H and O–H groups in total. The van der Waals surface area contributed by atoms with Crippen LogP contribution in [0.25, 0.3) is 10.9 Å². The van der Waals surface area contributed by atoms with Gasteiger partial charge in [0.25, 0.3) is 5.91 Å². The number of carbonyl (C=O) groups is 3. The van der Waals surface area contributed by atoms with Crippen LogP contribution in [0.4, 0.5) is 0 Å². The Morgan fingerprint density at radius 1 is 1.25 bits per heavy atom. The lowest BCUT2D eigenvalue weighted by Crippen LogP contribution is -2.51. The highest BCUT2D eigenvalue weighted by Gasteiger charge is 2.35. The van der Waals surface area contributed by atoms with Gasteiger partial charge in [-0.25, -0.2) is 0 Å². The number of ether oxygens (including phenoxy) is 1. The van der Waals surface area contributed by atoms with E-state index in [1.54, 1.807) is 13.2 Å². The first kappa shape index (κ1) is 23.8. The minimum absolute atomic E-state index is 0.311. The van der Waals surface area contributed by atoms with Gasteiger partial charge in [0.2, 0.25) is 5.91 Å². The number of carbonyl (C=O) groups excluding carboxylic acids is 2. The standard InChI is InChI=1S/C24H33N3O5/c1-3-4-7-20(23(29)25-19-8-5-6-18(19)24(30)31)26-22(28)17-10-9-16-11-12-27(13-14-32-2)21(16)15-17/h9-12,15,18-20H,3-8,13-14H2,1-2H3,(H,25,29)(H,26,28)(H,30,31)/t18-,19+,20+/m1/s1. The zero-order valence-electron chi connectivity index (χ0n) is 18.8. The summed E-state index contributed by atoms with van der Waals surface area (Å²) in [6.45, 7) is 3.27. The van der Waals surface area contributed by atoms with Crippen LogP contribution in [-0.4, -0.2) is 53.3 Å². The molecule has 0 aliphatic heterocycles. The normalized spacial score (nSPS) is 19.1. The van der Waals surface area contributed by atoms with Crippen molar-refractivity contribution in [3.8, 4) is 0 Å². The fourth-order valence-electron chi connectivity index (χ4n) is 4.34. The van der Waals surface area contributed by atoms with Crippen LogP contribution in [0.3, 0.4) is 0 Å². The first-order valence-electron chi connectivity index (χ1n) is 11.4. The van der Waals surface area contributed by atoms with Gasteiger partial charge in [-0.1, -0.05) is 32.3 Å². The monoisotopic (exact) mass is 443 g/mol. The van der Waals surface area contributed by atoms with Crippen molar-refractivity contribution in [1.82, 2.24) is 15.2 Å². The first-order valence-corrected chi connectivity index (χ1v) is 11.4. The second-order valence-electron chi connectivity index (χ2n) is 8.43. The fourth-order valence-corrected chi connectivity index (χ4v) is 4.34. The van der Waals surface area contributed by atoms with Crippen LogP contribution >= 0.6 is 0 Å². The highest BCUT2D eigenvalue weighted by molar-refractivity contribution is 6.00. The number of aromatic nitrogens is 1. The number of methoxy groups -OCH3 is 1. The van der Waals surface area contributed by atoms with E-state index < -0.39 is 17.9 Å². The van der Waals surface area contributed by atoms with E-state index in [1.807, 2.05) is 35.9 Å². The van der Waals surface area contributed by atoms with Gasteiger partial charge >= 0.3 is 5.97 Å². The average Bonchev–Trinajstić information content (AvgIpc) is 3.41. The highest BCUT2D eigenvalue weighted by atomic mass is 16.5. The number of unbranched alkanes of at least 4 members (excludes halogenated alkanes) is 1. The molecule has 0 spiro atoms. The van der Waals surface area contributed by atoms with Crippen molar-refractivity contribution in [2.45, 2.75) is 64.1 Å². The number of carboxylic acid groups (broad SMARTS) is 1. The molecule has 1 aromatic heterocycles. The highest BCUT2D eigenvalue weighted by Crippen LogP contribution is 2.26. The smallest absolute Gasteiger partial charge is 0.308 e. The third kappa shape index (κ3) is 5.68. The largest absolute Gasteiger partial charge is 0.481 e. The molecule has 3 rings (SSSR count). The molecular formula is C24H33N3O5. The quantitative estimate of drug-likeness (QED) is 0.495. The number of aliphatic carboxylic acids is 1. The zero-order valence-corrected chi connectivity index (χ0v) is 18.8. The van der Waals surface area contributed by atoms with Crippen LogP contribution in [0.5, 0.6) is 0 Å². The topological polar surface area (TPSA) is 110 Å². The number of hydrogen-bond acceptors (Lipinski definition) is 4. The Morgan fingerprint density at radius 3 is 2.78 bits per heavy atom. The molecule has 0 saturated heterocycles. The molecule has 0 bridgehead atoms. The molecule has 1 heterocycles. The van der Waals surface area contributed by atoms with E-state index >= 15 is 0 Å². The van der Waals surface area contributed by atoms with Crippen molar-refractivity contribution >= 4 is 28.7 Å². The average molecular weight is 444 g/mol. The predicted molar refractivity (Wildman–Crippen MR) is 122 cm³/mol. The molecule has 0 radical (unpaired) electrons. The Labute approximate surface area is 188 Å². The van der Waals surface area contributed by atoms with Gasteiger partial charge in [0, 0.05) is 37.0 Å². The lowest BCUT2D eigenvalue weighted by molar-refractivity contribution is -0.142. The molecule has 0 unspecified atom stereocenters. The molecular weight excluding hydrogens is 410 g/mol. The van der Waals surface area contributed by atoms with Crippen LogP contribution in [-0.2, 0) is 20.9 Å². The summed E-state index contributed by atoms with van der Waals surface area (Å²) in [5.74, 6) is -2.08. The van der Waals surface area contributed by atoms with Crippen molar-refractivity contribution < 1.29 is 24.2 Å².